The van der Waals surface area contributed by atoms with Crippen LogP contribution in [0.15, 0.2) is 30.3 Å². The molecular formula is C14H22ClNO. The van der Waals surface area contributed by atoms with Crippen LogP contribution in [0.5, 0.6) is 5.75 Å². The molecular weight excluding hydrogens is 234 g/mol. The Morgan fingerprint density at radius 1 is 1.29 bits per heavy atom. The second-order valence-electron chi connectivity index (χ2n) is 4.49. The molecule has 17 heavy (non-hydrogen) atoms. The van der Waals surface area contributed by atoms with E-state index in [1.54, 1.807) is 0 Å². The van der Waals surface area contributed by atoms with Crippen LogP contribution in [0.4, 0.5) is 0 Å². The molecule has 1 aromatic rings. The van der Waals surface area contributed by atoms with Crippen molar-refractivity contribution < 1.29 is 4.74 Å². The van der Waals surface area contributed by atoms with Crippen LogP contribution in [0.1, 0.15) is 26.7 Å². The van der Waals surface area contributed by atoms with E-state index in [9.17, 15) is 0 Å². The molecule has 1 atom stereocenters. The summed E-state index contributed by atoms with van der Waals surface area (Å²) in [5.41, 5.74) is 0.0499. The molecule has 0 saturated heterocycles. The molecule has 0 aliphatic heterocycles. The molecule has 0 fully saturated rings. The van der Waals surface area contributed by atoms with Gasteiger partial charge < -0.3 is 10.1 Å². The topological polar surface area (TPSA) is 21.3 Å². The number of nitrogens with one attached hydrogen (secondary N) is 1. The van der Waals surface area contributed by atoms with Gasteiger partial charge in [0.05, 0.1) is 6.61 Å². The van der Waals surface area contributed by atoms with E-state index in [-0.39, 0.29) is 5.54 Å². The first-order chi connectivity index (χ1) is 8.20. The Bertz CT molecular complexity index is 298. The van der Waals surface area contributed by atoms with Crippen LogP contribution in [0.25, 0.3) is 0 Å². The highest BCUT2D eigenvalue weighted by Gasteiger charge is 2.18. The number of halogens is 1. The minimum atomic E-state index is 0.0499. The summed E-state index contributed by atoms with van der Waals surface area (Å²) in [7, 11) is 0. The van der Waals surface area contributed by atoms with Gasteiger partial charge >= 0.3 is 0 Å². The second-order valence-corrected chi connectivity index (χ2v) is 4.76. The minimum Gasteiger partial charge on any atom is -0.494 e. The summed E-state index contributed by atoms with van der Waals surface area (Å²) in [6.45, 7) is 5.97. The fourth-order valence-electron chi connectivity index (χ4n) is 1.44. The van der Waals surface area contributed by atoms with Gasteiger partial charge in [-0.3, -0.25) is 0 Å². The summed E-state index contributed by atoms with van der Waals surface area (Å²) in [5.74, 6) is 1.58. The first-order valence-electron chi connectivity index (χ1n) is 6.19. The lowest BCUT2D eigenvalue weighted by molar-refractivity contribution is 0.293. The Balaban J connectivity index is 2.13. The van der Waals surface area contributed by atoms with E-state index in [1.807, 2.05) is 30.3 Å². The molecule has 0 aliphatic rings. The van der Waals surface area contributed by atoms with Crippen LogP contribution >= 0.6 is 11.6 Å². The fraction of sp³-hybridized carbons (Fsp3) is 0.571. The second kappa shape index (κ2) is 7.57. The maximum atomic E-state index is 5.92. The molecule has 0 bridgehead atoms. The smallest absolute Gasteiger partial charge is 0.119 e. The van der Waals surface area contributed by atoms with E-state index in [1.165, 1.54) is 0 Å². The molecule has 0 spiro atoms. The Labute approximate surface area is 109 Å². The average molecular weight is 256 g/mol. The molecule has 1 unspecified atom stereocenters. The van der Waals surface area contributed by atoms with Crippen molar-refractivity contribution in [3.8, 4) is 5.75 Å². The maximum Gasteiger partial charge on any atom is 0.119 e. The number of para-hydroxylation sites is 1. The Morgan fingerprint density at radius 3 is 2.59 bits per heavy atom. The Kier molecular flexibility index (Phi) is 6.38. The predicted molar refractivity (Wildman–Crippen MR) is 74.0 cm³/mol. The molecule has 3 heteroatoms. The molecule has 0 saturated carbocycles. The van der Waals surface area contributed by atoms with Crippen molar-refractivity contribution in [2.75, 3.05) is 19.0 Å². The zero-order chi connectivity index (χ0) is 12.6. The number of ether oxygens (including phenoxy) is 1. The molecule has 1 aromatic carbocycles. The lowest BCUT2D eigenvalue weighted by atomic mass is 10.0. The van der Waals surface area contributed by atoms with Crippen molar-refractivity contribution in [1.29, 1.82) is 0 Å². The van der Waals surface area contributed by atoms with Crippen molar-refractivity contribution in [3.63, 3.8) is 0 Å². The van der Waals surface area contributed by atoms with E-state index in [0.29, 0.717) is 5.88 Å². The lowest BCUT2D eigenvalue weighted by Gasteiger charge is -2.27. The lowest BCUT2D eigenvalue weighted by Crippen LogP contribution is -2.44. The summed E-state index contributed by atoms with van der Waals surface area (Å²) >= 11 is 5.92. The molecule has 0 aliphatic carbocycles. The van der Waals surface area contributed by atoms with Crippen LogP contribution in [0.3, 0.4) is 0 Å². The quantitative estimate of drug-likeness (QED) is 0.568. The van der Waals surface area contributed by atoms with Crippen molar-refractivity contribution in [3.05, 3.63) is 30.3 Å². The monoisotopic (exact) mass is 255 g/mol. The van der Waals surface area contributed by atoms with Gasteiger partial charge in [-0.05, 0) is 38.4 Å². The summed E-state index contributed by atoms with van der Waals surface area (Å²) in [6, 6.07) is 9.90. The van der Waals surface area contributed by atoms with Gasteiger partial charge in [-0.2, -0.15) is 0 Å². The van der Waals surface area contributed by atoms with Gasteiger partial charge in [0.2, 0.25) is 0 Å². The number of hydrogen-bond acceptors (Lipinski definition) is 2. The molecule has 2 nitrogen and oxygen atoms in total. The zero-order valence-corrected chi connectivity index (χ0v) is 11.5. The van der Waals surface area contributed by atoms with Crippen molar-refractivity contribution in [2.45, 2.75) is 32.2 Å². The predicted octanol–water partition coefficient (Wildman–Crippen LogP) is 3.45. The van der Waals surface area contributed by atoms with E-state index >= 15 is 0 Å². The van der Waals surface area contributed by atoms with Gasteiger partial charge in [0, 0.05) is 11.4 Å². The van der Waals surface area contributed by atoms with Crippen LogP contribution in [0, 0.1) is 0 Å². The van der Waals surface area contributed by atoms with Gasteiger partial charge in [0.1, 0.15) is 5.75 Å². The summed E-state index contributed by atoms with van der Waals surface area (Å²) in [6.07, 6.45) is 2.03. The number of rotatable bonds is 8. The molecule has 0 amide bonds. The number of alkyl halides is 1. The molecule has 1 rings (SSSR count). The van der Waals surface area contributed by atoms with Crippen LogP contribution < -0.4 is 10.1 Å². The average Bonchev–Trinajstić information content (AvgIpc) is 2.39. The van der Waals surface area contributed by atoms with Crippen molar-refractivity contribution >= 4 is 11.6 Å². The standard InChI is InChI=1S/C14H22ClNO/c1-3-14(2,12-15)16-10-7-11-17-13-8-5-4-6-9-13/h4-6,8-9,16H,3,7,10-12H2,1-2H3. The molecule has 0 radical (unpaired) electrons. The third-order valence-corrected chi connectivity index (χ3v) is 3.55. The highest BCUT2D eigenvalue weighted by atomic mass is 35.5. The maximum absolute atomic E-state index is 5.92. The SMILES string of the molecule is CCC(C)(CCl)NCCCOc1ccccc1. The summed E-state index contributed by atoms with van der Waals surface area (Å²) < 4.78 is 5.62. The third-order valence-electron chi connectivity index (χ3n) is 2.96. The highest BCUT2D eigenvalue weighted by Crippen LogP contribution is 2.11. The Morgan fingerprint density at radius 2 is 2.00 bits per heavy atom. The Hall–Kier alpha value is -0.730. The molecule has 0 heterocycles. The highest BCUT2D eigenvalue weighted by molar-refractivity contribution is 6.18. The van der Waals surface area contributed by atoms with Crippen LogP contribution in [-0.2, 0) is 0 Å². The van der Waals surface area contributed by atoms with E-state index in [0.717, 1.165) is 31.7 Å². The number of benzene rings is 1. The van der Waals surface area contributed by atoms with Crippen LogP contribution in [0.2, 0.25) is 0 Å². The van der Waals surface area contributed by atoms with E-state index in [4.69, 9.17) is 16.3 Å². The summed E-state index contributed by atoms with van der Waals surface area (Å²) in [4.78, 5) is 0. The fourth-order valence-corrected chi connectivity index (χ4v) is 1.72. The summed E-state index contributed by atoms with van der Waals surface area (Å²) in [5, 5.41) is 3.47. The number of hydrogen-bond donors (Lipinski definition) is 1. The van der Waals surface area contributed by atoms with Gasteiger partial charge in [-0.1, -0.05) is 25.1 Å². The largest absolute Gasteiger partial charge is 0.494 e. The zero-order valence-electron chi connectivity index (χ0n) is 10.7. The third kappa shape index (κ3) is 5.42. The van der Waals surface area contributed by atoms with Crippen LogP contribution in [-0.4, -0.2) is 24.6 Å². The molecule has 0 aromatic heterocycles. The van der Waals surface area contributed by atoms with Crippen molar-refractivity contribution in [1.82, 2.24) is 5.32 Å². The van der Waals surface area contributed by atoms with Gasteiger partial charge in [-0.15, -0.1) is 11.6 Å². The van der Waals surface area contributed by atoms with Gasteiger partial charge in [0.25, 0.3) is 0 Å². The normalized spacial score (nSPS) is 14.3. The molecule has 1 N–H and O–H groups in total. The first-order valence-corrected chi connectivity index (χ1v) is 6.72. The van der Waals surface area contributed by atoms with Gasteiger partial charge in [-0.25, -0.2) is 0 Å². The minimum absolute atomic E-state index is 0.0499. The van der Waals surface area contributed by atoms with Gasteiger partial charge in [0.15, 0.2) is 0 Å². The van der Waals surface area contributed by atoms with E-state index in [2.05, 4.69) is 19.2 Å². The molecule has 96 valence electrons. The van der Waals surface area contributed by atoms with E-state index < -0.39 is 0 Å². The first kappa shape index (κ1) is 14.3. The van der Waals surface area contributed by atoms with Crippen molar-refractivity contribution in [2.24, 2.45) is 0 Å².